The van der Waals surface area contributed by atoms with Crippen LogP contribution in [0.25, 0.3) is 5.57 Å². The molecule has 0 aromatic heterocycles. The Morgan fingerprint density at radius 1 is 0.969 bits per heavy atom. The van der Waals surface area contributed by atoms with Gasteiger partial charge in [0, 0.05) is 36.0 Å². The molecule has 5 nitrogen and oxygen atoms in total. The van der Waals surface area contributed by atoms with Gasteiger partial charge in [0.15, 0.2) is 0 Å². The Morgan fingerprint density at radius 3 is 2.19 bits per heavy atom. The molecule has 0 bridgehead atoms. The molecule has 2 aromatic carbocycles. The summed E-state index contributed by atoms with van der Waals surface area (Å²) in [6.45, 7) is 8.38. The number of aromatic carboxylic acids is 1. The topological polar surface area (TPSA) is 83.6 Å². The summed E-state index contributed by atoms with van der Waals surface area (Å²) >= 11 is 0. The molecule has 0 fully saturated rings. The van der Waals surface area contributed by atoms with Crippen LogP contribution in [-0.4, -0.2) is 35.0 Å². The summed E-state index contributed by atoms with van der Waals surface area (Å²) in [6, 6.07) is 14.6. The third-order valence-electron chi connectivity index (χ3n) is 6.98. The average molecular weight is 431 g/mol. The van der Waals surface area contributed by atoms with Crippen molar-refractivity contribution in [1.29, 1.82) is 0 Å². The third kappa shape index (κ3) is 3.78. The number of amides is 1. The van der Waals surface area contributed by atoms with Gasteiger partial charge in [-0.2, -0.15) is 0 Å². The van der Waals surface area contributed by atoms with Gasteiger partial charge in [0.1, 0.15) is 0 Å². The monoisotopic (exact) mass is 430 g/mol. The lowest BCUT2D eigenvalue weighted by molar-refractivity contribution is 0.0678. The summed E-state index contributed by atoms with van der Waals surface area (Å²) < 4.78 is 0. The molecule has 5 heteroatoms. The predicted molar refractivity (Wildman–Crippen MR) is 126 cm³/mol. The van der Waals surface area contributed by atoms with Crippen molar-refractivity contribution in [3.8, 4) is 0 Å². The Kier molecular flexibility index (Phi) is 5.55. The number of carbonyl (C=O) groups is 2. The predicted octanol–water partition coefficient (Wildman–Crippen LogP) is 4.75. The van der Waals surface area contributed by atoms with E-state index in [2.05, 4.69) is 32.9 Å². The number of rotatable bonds is 4. The normalized spacial score (nSPS) is 21.9. The highest BCUT2D eigenvalue weighted by molar-refractivity contribution is 5.94. The number of carboxylic acids is 1. The van der Waals surface area contributed by atoms with Crippen LogP contribution in [-0.2, 0) is 6.54 Å². The fourth-order valence-electron chi connectivity index (χ4n) is 5.32. The molecule has 0 saturated heterocycles. The van der Waals surface area contributed by atoms with Crippen LogP contribution >= 0.6 is 0 Å². The van der Waals surface area contributed by atoms with Gasteiger partial charge in [-0.15, -0.1) is 0 Å². The van der Waals surface area contributed by atoms with Gasteiger partial charge in [-0.05, 0) is 47.4 Å². The van der Waals surface area contributed by atoms with Crippen molar-refractivity contribution < 1.29 is 14.7 Å². The van der Waals surface area contributed by atoms with Crippen LogP contribution < -0.4 is 5.73 Å². The second-order valence-electron chi connectivity index (χ2n) is 9.59. The number of benzene rings is 2. The number of carboxylic acid groups (broad SMARTS) is 1. The Balaban J connectivity index is 1.60. The van der Waals surface area contributed by atoms with Crippen LogP contribution in [0.15, 0.2) is 66.3 Å². The van der Waals surface area contributed by atoms with Crippen molar-refractivity contribution in [3.05, 3.63) is 88.5 Å². The van der Waals surface area contributed by atoms with Crippen molar-refractivity contribution in [2.45, 2.75) is 33.7 Å². The second kappa shape index (κ2) is 8.06. The van der Waals surface area contributed by atoms with E-state index in [0.29, 0.717) is 30.8 Å². The number of hydrogen-bond acceptors (Lipinski definition) is 3. The molecule has 1 atom stereocenters. The second-order valence-corrected chi connectivity index (χ2v) is 9.59. The minimum Gasteiger partial charge on any atom is -0.478 e. The number of allylic oxidation sites excluding steroid dienone is 2. The summed E-state index contributed by atoms with van der Waals surface area (Å²) in [7, 11) is 0. The van der Waals surface area contributed by atoms with Gasteiger partial charge in [0.05, 0.1) is 5.56 Å². The summed E-state index contributed by atoms with van der Waals surface area (Å²) in [5.74, 6) is -0.875. The Labute approximate surface area is 189 Å². The number of nitrogens with zero attached hydrogens (tertiary/aromatic N) is 1. The van der Waals surface area contributed by atoms with E-state index < -0.39 is 5.97 Å². The first-order valence-corrected chi connectivity index (χ1v) is 11.0. The van der Waals surface area contributed by atoms with Crippen molar-refractivity contribution in [2.24, 2.45) is 16.6 Å². The SMILES string of the molecule is CC1(C)C(c2ccc(C(=O)O)cc2)=CC[C@]2(C)CN(C(=O)c3ccc(CN)cc3)CC=C12. The fraction of sp³-hybridized carbons (Fsp3) is 0.333. The number of fused-ring (bicyclic) bond motifs is 1. The fourth-order valence-corrected chi connectivity index (χ4v) is 5.32. The van der Waals surface area contributed by atoms with E-state index in [1.165, 1.54) is 11.1 Å². The van der Waals surface area contributed by atoms with Crippen molar-refractivity contribution in [2.75, 3.05) is 13.1 Å². The molecule has 4 rings (SSSR count). The van der Waals surface area contributed by atoms with Gasteiger partial charge in [0.25, 0.3) is 5.91 Å². The molecule has 0 saturated carbocycles. The molecular weight excluding hydrogens is 400 g/mol. The van der Waals surface area contributed by atoms with Crippen molar-refractivity contribution in [1.82, 2.24) is 4.90 Å². The molecular formula is C27H30N2O3. The first-order chi connectivity index (χ1) is 15.2. The lowest BCUT2D eigenvalue weighted by atomic mass is 9.58. The summed E-state index contributed by atoms with van der Waals surface area (Å²) in [5, 5.41) is 9.19. The zero-order valence-corrected chi connectivity index (χ0v) is 18.9. The largest absolute Gasteiger partial charge is 0.478 e. The van der Waals surface area contributed by atoms with Crippen LogP contribution in [0.5, 0.6) is 0 Å². The molecule has 2 aliphatic rings. The lowest BCUT2D eigenvalue weighted by Gasteiger charge is -2.50. The zero-order chi connectivity index (χ0) is 23.1. The zero-order valence-electron chi connectivity index (χ0n) is 18.9. The van der Waals surface area contributed by atoms with Gasteiger partial charge >= 0.3 is 5.97 Å². The van der Waals surface area contributed by atoms with E-state index in [9.17, 15) is 14.7 Å². The van der Waals surface area contributed by atoms with E-state index in [4.69, 9.17) is 5.73 Å². The van der Waals surface area contributed by atoms with Gasteiger partial charge in [-0.25, -0.2) is 4.79 Å². The van der Waals surface area contributed by atoms with E-state index in [-0.39, 0.29) is 16.7 Å². The maximum Gasteiger partial charge on any atom is 0.335 e. The van der Waals surface area contributed by atoms with E-state index in [0.717, 1.165) is 17.5 Å². The molecule has 1 aliphatic carbocycles. The minimum atomic E-state index is -0.918. The van der Waals surface area contributed by atoms with Gasteiger partial charge in [-0.3, -0.25) is 4.79 Å². The smallest absolute Gasteiger partial charge is 0.335 e. The highest BCUT2D eigenvalue weighted by Gasteiger charge is 2.46. The molecule has 32 heavy (non-hydrogen) atoms. The molecule has 0 radical (unpaired) electrons. The number of hydrogen-bond donors (Lipinski definition) is 2. The van der Waals surface area contributed by atoms with E-state index >= 15 is 0 Å². The van der Waals surface area contributed by atoms with Gasteiger partial charge in [0.2, 0.25) is 0 Å². The van der Waals surface area contributed by atoms with E-state index in [1.54, 1.807) is 12.1 Å². The highest BCUT2D eigenvalue weighted by Crippen LogP contribution is 2.55. The Hall–Kier alpha value is -3.18. The van der Waals surface area contributed by atoms with Gasteiger partial charge in [-0.1, -0.05) is 62.8 Å². The van der Waals surface area contributed by atoms with Crippen LogP contribution in [0.2, 0.25) is 0 Å². The molecule has 1 amide bonds. The molecule has 166 valence electrons. The maximum atomic E-state index is 13.2. The lowest BCUT2D eigenvalue weighted by Crippen LogP contribution is -2.48. The van der Waals surface area contributed by atoms with Crippen molar-refractivity contribution >= 4 is 17.4 Å². The Bertz CT molecular complexity index is 1110. The standard InChI is InChI=1S/C27H30N2O3/c1-26(2)22(19-8-10-21(11-9-19)25(31)32)12-14-27(3)17-29(15-13-23(26)27)24(30)20-6-4-18(16-28)5-7-20/h4-13H,14-17,28H2,1-3H3,(H,31,32)/t27-/m1/s1. The van der Waals surface area contributed by atoms with E-state index in [1.807, 2.05) is 41.3 Å². The average Bonchev–Trinajstić information content (AvgIpc) is 2.78. The quantitative estimate of drug-likeness (QED) is 0.686. The highest BCUT2D eigenvalue weighted by atomic mass is 16.4. The summed E-state index contributed by atoms with van der Waals surface area (Å²) in [6.07, 6.45) is 5.31. The van der Waals surface area contributed by atoms with Crippen LogP contribution in [0.3, 0.4) is 0 Å². The molecule has 0 spiro atoms. The summed E-state index contributed by atoms with van der Waals surface area (Å²) in [5.41, 5.74) is 10.9. The number of carbonyl (C=O) groups excluding carboxylic acids is 1. The van der Waals surface area contributed by atoms with Gasteiger partial charge < -0.3 is 15.7 Å². The minimum absolute atomic E-state index is 0.0435. The molecule has 2 aromatic rings. The van der Waals surface area contributed by atoms with Crippen LogP contribution in [0.1, 0.15) is 59.0 Å². The first kappa shape index (κ1) is 22.0. The molecule has 0 unspecified atom stereocenters. The Morgan fingerprint density at radius 2 is 1.59 bits per heavy atom. The summed E-state index contributed by atoms with van der Waals surface area (Å²) in [4.78, 5) is 26.3. The maximum absolute atomic E-state index is 13.2. The van der Waals surface area contributed by atoms with Crippen molar-refractivity contribution in [3.63, 3.8) is 0 Å². The molecule has 3 N–H and O–H groups in total. The third-order valence-corrected chi connectivity index (χ3v) is 6.98. The molecule has 1 aliphatic heterocycles. The first-order valence-electron chi connectivity index (χ1n) is 11.0. The number of nitrogens with two attached hydrogens (primary N) is 1. The molecule has 1 heterocycles. The van der Waals surface area contributed by atoms with Crippen LogP contribution in [0, 0.1) is 10.8 Å². The van der Waals surface area contributed by atoms with Crippen LogP contribution in [0.4, 0.5) is 0 Å².